The van der Waals surface area contributed by atoms with Gasteiger partial charge in [-0.3, -0.25) is 4.79 Å². The highest BCUT2D eigenvalue weighted by molar-refractivity contribution is 5.67. The fourth-order valence-electron chi connectivity index (χ4n) is 1.26. The lowest BCUT2D eigenvalue weighted by atomic mass is 10.0. The Kier molecular flexibility index (Phi) is 3.81. The Morgan fingerprint density at radius 3 is 2.56 bits per heavy atom. The summed E-state index contributed by atoms with van der Waals surface area (Å²) in [6.45, 7) is 0. The van der Waals surface area contributed by atoms with E-state index in [0.717, 1.165) is 12.1 Å². The summed E-state index contributed by atoms with van der Waals surface area (Å²) < 4.78 is 12.8. The van der Waals surface area contributed by atoms with Crippen molar-refractivity contribution in [2.24, 2.45) is 0 Å². The smallest absolute Gasteiger partial charge is 0.306 e. The van der Waals surface area contributed by atoms with Crippen molar-refractivity contribution in [3.05, 3.63) is 29.6 Å². The molecule has 1 aromatic rings. The Morgan fingerprint density at radius 2 is 2.06 bits per heavy atom. The van der Waals surface area contributed by atoms with Crippen molar-refractivity contribution in [2.45, 2.75) is 18.6 Å². The molecule has 0 aliphatic rings. The topological polar surface area (TPSA) is 104 Å². The third-order valence-electron chi connectivity index (χ3n) is 2.11. The van der Waals surface area contributed by atoms with Crippen LogP contribution in [0.5, 0.6) is 0 Å². The average Bonchev–Trinajstić information content (AvgIpc) is 2.20. The molecule has 0 aliphatic carbocycles. The maximum atomic E-state index is 12.8. The molecule has 2 unspecified atom stereocenters. The van der Waals surface area contributed by atoms with E-state index in [1.54, 1.807) is 0 Å². The van der Waals surface area contributed by atoms with Crippen LogP contribution >= 0.6 is 0 Å². The summed E-state index contributed by atoms with van der Waals surface area (Å²) in [6, 6.07) is 3.44. The zero-order valence-electron chi connectivity index (χ0n) is 8.30. The number of hydrogen-bond acceptors (Lipinski definition) is 4. The van der Waals surface area contributed by atoms with Crippen LogP contribution in [0.15, 0.2) is 18.2 Å². The summed E-state index contributed by atoms with van der Waals surface area (Å²) in [5, 5.41) is 27.3. The van der Waals surface area contributed by atoms with Gasteiger partial charge in [0, 0.05) is 0 Å². The van der Waals surface area contributed by atoms with Gasteiger partial charge in [-0.25, -0.2) is 4.39 Å². The van der Waals surface area contributed by atoms with Crippen molar-refractivity contribution in [3.63, 3.8) is 0 Å². The van der Waals surface area contributed by atoms with E-state index in [-0.39, 0.29) is 11.3 Å². The van der Waals surface area contributed by atoms with Crippen LogP contribution in [-0.2, 0) is 4.79 Å². The second-order valence-corrected chi connectivity index (χ2v) is 3.39. The first-order valence-electron chi connectivity index (χ1n) is 4.54. The molecule has 0 radical (unpaired) electrons. The number of benzene rings is 1. The minimum atomic E-state index is -1.46. The van der Waals surface area contributed by atoms with Crippen LogP contribution in [0, 0.1) is 5.82 Å². The number of nitrogens with two attached hydrogens (primary N) is 1. The first-order valence-corrected chi connectivity index (χ1v) is 4.54. The second-order valence-electron chi connectivity index (χ2n) is 3.39. The summed E-state index contributed by atoms with van der Waals surface area (Å²) in [7, 11) is 0. The van der Waals surface area contributed by atoms with E-state index in [0.29, 0.717) is 0 Å². The monoisotopic (exact) mass is 229 g/mol. The maximum absolute atomic E-state index is 12.8. The molecule has 0 aliphatic heterocycles. The zero-order chi connectivity index (χ0) is 12.3. The number of aliphatic hydroxyl groups excluding tert-OH is 2. The Labute approximate surface area is 90.9 Å². The number of carboxylic acid groups (broad SMARTS) is 1. The molecule has 1 rings (SSSR count). The normalized spacial score (nSPS) is 14.4. The summed E-state index contributed by atoms with van der Waals surface area (Å²) >= 11 is 0. The van der Waals surface area contributed by atoms with Crippen molar-refractivity contribution in [3.8, 4) is 0 Å². The molecule has 0 bridgehead atoms. The van der Waals surface area contributed by atoms with E-state index in [4.69, 9.17) is 10.8 Å². The summed E-state index contributed by atoms with van der Waals surface area (Å²) in [6.07, 6.45) is -3.46. The lowest BCUT2D eigenvalue weighted by Crippen LogP contribution is -2.21. The number of halogens is 1. The van der Waals surface area contributed by atoms with E-state index in [1.165, 1.54) is 6.07 Å². The molecule has 2 atom stereocenters. The predicted octanol–water partition coefficient (Wildman–Crippen LogP) is 0.277. The standard InChI is InChI=1S/C10H12FNO4/c11-6-2-1-5(3-7(6)12)10(16)8(13)4-9(14)15/h1-3,8,10,13,16H,4,12H2,(H,14,15). The van der Waals surface area contributed by atoms with Gasteiger partial charge in [0.2, 0.25) is 0 Å². The molecule has 6 heteroatoms. The van der Waals surface area contributed by atoms with Crippen LogP contribution in [0.4, 0.5) is 10.1 Å². The van der Waals surface area contributed by atoms with Gasteiger partial charge in [0.1, 0.15) is 11.9 Å². The Hall–Kier alpha value is -1.66. The number of carbonyl (C=O) groups is 1. The molecule has 0 saturated carbocycles. The maximum Gasteiger partial charge on any atom is 0.306 e. The largest absolute Gasteiger partial charge is 0.481 e. The van der Waals surface area contributed by atoms with Gasteiger partial charge in [-0.1, -0.05) is 6.07 Å². The minimum absolute atomic E-state index is 0.168. The number of aliphatic hydroxyl groups is 2. The van der Waals surface area contributed by atoms with Gasteiger partial charge in [0.05, 0.1) is 18.2 Å². The molecule has 5 nitrogen and oxygen atoms in total. The van der Waals surface area contributed by atoms with Gasteiger partial charge >= 0.3 is 5.97 Å². The van der Waals surface area contributed by atoms with Crippen molar-refractivity contribution >= 4 is 11.7 Å². The first kappa shape index (κ1) is 12.4. The van der Waals surface area contributed by atoms with Crippen LogP contribution < -0.4 is 5.73 Å². The Morgan fingerprint density at radius 1 is 1.44 bits per heavy atom. The molecular formula is C10H12FNO4. The third kappa shape index (κ3) is 2.91. The van der Waals surface area contributed by atoms with Gasteiger partial charge in [-0.05, 0) is 17.7 Å². The van der Waals surface area contributed by atoms with Crippen LogP contribution in [-0.4, -0.2) is 27.4 Å². The van der Waals surface area contributed by atoms with Crippen LogP contribution in [0.3, 0.4) is 0 Å². The number of anilines is 1. The lowest BCUT2D eigenvalue weighted by molar-refractivity contribution is -0.141. The van der Waals surface area contributed by atoms with Crippen molar-refractivity contribution in [2.75, 3.05) is 5.73 Å². The average molecular weight is 229 g/mol. The molecule has 1 aromatic carbocycles. The van der Waals surface area contributed by atoms with E-state index in [9.17, 15) is 19.4 Å². The fourth-order valence-corrected chi connectivity index (χ4v) is 1.26. The van der Waals surface area contributed by atoms with Crippen LogP contribution in [0.25, 0.3) is 0 Å². The third-order valence-corrected chi connectivity index (χ3v) is 2.11. The molecule has 5 N–H and O–H groups in total. The number of hydrogen-bond donors (Lipinski definition) is 4. The zero-order valence-corrected chi connectivity index (χ0v) is 8.30. The highest BCUT2D eigenvalue weighted by atomic mass is 19.1. The minimum Gasteiger partial charge on any atom is -0.481 e. The Bertz CT molecular complexity index is 396. The number of aliphatic carboxylic acids is 1. The molecular weight excluding hydrogens is 217 g/mol. The summed E-state index contributed by atoms with van der Waals surface area (Å²) in [5.41, 5.74) is 5.28. The molecule has 0 fully saturated rings. The van der Waals surface area contributed by atoms with E-state index >= 15 is 0 Å². The Balaban J connectivity index is 2.83. The molecule has 88 valence electrons. The number of nitrogen functional groups attached to an aromatic ring is 1. The van der Waals surface area contributed by atoms with Gasteiger partial charge in [-0.2, -0.15) is 0 Å². The van der Waals surface area contributed by atoms with Gasteiger partial charge in [0.25, 0.3) is 0 Å². The fraction of sp³-hybridized carbons (Fsp3) is 0.300. The van der Waals surface area contributed by atoms with E-state index in [2.05, 4.69) is 0 Å². The van der Waals surface area contributed by atoms with Crippen molar-refractivity contribution < 1.29 is 24.5 Å². The number of rotatable bonds is 4. The molecule has 0 aromatic heterocycles. The van der Waals surface area contributed by atoms with Gasteiger partial charge in [0.15, 0.2) is 0 Å². The van der Waals surface area contributed by atoms with Gasteiger partial charge in [-0.15, -0.1) is 0 Å². The lowest BCUT2D eigenvalue weighted by Gasteiger charge is -2.16. The molecule has 0 saturated heterocycles. The highest BCUT2D eigenvalue weighted by Gasteiger charge is 2.21. The SMILES string of the molecule is Nc1cc(C(O)C(O)CC(=O)O)ccc1F. The van der Waals surface area contributed by atoms with Crippen LogP contribution in [0.2, 0.25) is 0 Å². The first-order chi connectivity index (χ1) is 7.41. The molecule has 0 heterocycles. The van der Waals surface area contributed by atoms with E-state index < -0.39 is 30.4 Å². The quantitative estimate of drug-likeness (QED) is 0.555. The van der Waals surface area contributed by atoms with E-state index in [1.807, 2.05) is 0 Å². The van der Waals surface area contributed by atoms with Crippen molar-refractivity contribution in [1.82, 2.24) is 0 Å². The van der Waals surface area contributed by atoms with Gasteiger partial charge < -0.3 is 21.1 Å². The number of carboxylic acids is 1. The van der Waals surface area contributed by atoms with Crippen LogP contribution in [0.1, 0.15) is 18.1 Å². The summed E-state index contributed by atoms with van der Waals surface area (Å²) in [5.74, 6) is -1.87. The second kappa shape index (κ2) is 4.91. The summed E-state index contributed by atoms with van der Waals surface area (Å²) in [4.78, 5) is 10.3. The highest BCUT2D eigenvalue weighted by Crippen LogP contribution is 2.22. The predicted molar refractivity (Wildman–Crippen MR) is 54.0 cm³/mol. The molecule has 16 heavy (non-hydrogen) atoms. The van der Waals surface area contributed by atoms with Crippen molar-refractivity contribution in [1.29, 1.82) is 0 Å². The molecule has 0 spiro atoms. The molecule has 0 amide bonds.